The molecule has 2 fully saturated rings. The van der Waals surface area contributed by atoms with E-state index < -0.39 is 23.8 Å². The average Bonchev–Trinajstić information content (AvgIpc) is 3.04. The third-order valence-electron chi connectivity index (χ3n) is 6.38. The van der Waals surface area contributed by atoms with Crippen molar-refractivity contribution < 1.29 is 19.2 Å². The maximum absolute atomic E-state index is 12.9. The van der Waals surface area contributed by atoms with Crippen LogP contribution in [0.3, 0.4) is 0 Å². The molecule has 3 N–H and O–H groups in total. The number of imide groups is 2. The van der Waals surface area contributed by atoms with Gasteiger partial charge in [0.2, 0.25) is 11.8 Å². The number of benzene rings is 1. The number of hydrogen-bond acceptors (Lipinski definition) is 7. The molecule has 2 saturated heterocycles. The van der Waals surface area contributed by atoms with E-state index in [1.165, 1.54) is 19.4 Å². The lowest BCUT2D eigenvalue weighted by atomic mass is 10.0. The summed E-state index contributed by atoms with van der Waals surface area (Å²) in [6.07, 6.45) is 4.87. The molecule has 0 radical (unpaired) electrons. The van der Waals surface area contributed by atoms with E-state index in [2.05, 4.69) is 20.9 Å². The van der Waals surface area contributed by atoms with Crippen LogP contribution in [0.2, 0.25) is 0 Å². The van der Waals surface area contributed by atoms with Gasteiger partial charge in [-0.05, 0) is 44.0 Å². The van der Waals surface area contributed by atoms with E-state index in [1.54, 1.807) is 18.2 Å². The fraction of sp³-hybridized carbons (Fsp3) is 0.565. The molecule has 3 aliphatic rings. The molecule has 1 aromatic carbocycles. The van der Waals surface area contributed by atoms with Gasteiger partial charge < -0.3 is 15.5 Å². The van der Waals surface area contributed by atoms with Crippen molar-refractivity contribution in [2.75, 3.05) is 44.6 Å². The zero-order valence-corrected chi connectivity index (χ0v) is 18.3. The number of nitrogens with one attached hydrogen (secondary N) is 3. The van der Waals surface area contributed by atoms with E-state index in [-0.39, 0.29) is 18.7 Å². The number of piperazine rings is 1. The molecule has 4 amide bonds. The zero-order valence-electron chi connectivity index (χ0n) is 18.3. The average molecular weight is 442 g/mol. The first-order valence-electron chi connectivity index (χ1n) is 11.6. The Morgan fingerprint density at radius 3 is 2.47 bits per heavy atom. The van der Waals surface area contributed by atoms with E-state index in [4.69, 9.17) is 0 Å². The number of unbranched alkanes of at least 4 members (excludes halogenated alkanes) is 3. The molecule has 4 rings (SSSR count). The highest BCUT2D eigenvalue weighted by molar-refractivity contribution is 6.23. The van der Waals surface area contributed by atoms with Crippen LogP contribution in [-0.2, 0) is 9.59 Å². The second-order valence-electron chi connectivity index (χ2n) is 8.64. The molecule has 0 bridgehead atoms. The largest absolute Gasteiger partial charge is 0.385 e. The minimum absolute atomic E-state index is 0.117. The van der Waals surface area contributed by atoms with Crippen LogP contribution in [0.15, 0.2) is 18.2 Å². The Labute approximate surface area is 187 Å². The van der Waals surface area contributed by atoms with Crippen molar-refractivity contribution in [3.63, 3.8) is 0 Å². The summed E-state index contributed by atoms with van der Waals surface area (Å²) in [6, 6.07) is 4.18. The van der Waals surface area contributed by atoms with Crippen molar-refractivity contribution in [2.24, 2.45) is 0 Å². The Balaban J connectivity index is 1.24. The molecule has 32 heavy (non-hydrogen) atoms. The lowest BCUT2D eigenvalue weighted by Crippen LogP contribution is -2.54. The molecule has 1 unspecified atom stereocenters. The topological polar surface area (TPSA) is 111 Å². The van der Waals surface area contributed by atoms with Gasteiger partial charge in [-0.1, -0.05) is 12.8 Å². The van der Waals surface area contributed by atoms with Crippen molar-refractivity contribution in [1.82, 2.24) is 20.4 Å². The fourth-order valence-corrected chi connectivity index (χ4v) is 4.56. The van der Waals surface area contributed by atoms with Crippen molar-refractivity contribution in [2.45, 2.75) is 44.6 Å². The Hall–Kier alpha value is -2.78. The molecular weight excluding hydrogens is 410 g/mol. The van der Waals surface area contributed by atoms with E-state index in [0.717, 1.165) is 56.2 Å². The normalized spacial score (nSPS) is 21.6. The van der Waals surface area contributed by atoms with E-state index in [1.807, 2.05) is 0 Å². The van der Waals surface area contributed by atoms with Gasteiger partial charge in [0.15, 0.2) is 0 Å². The fourth-order valence-electron chi connectivity index (χ4n) is 4.56. The maximum atomic E-state index is 12.9. The lowest BCUT2D eigenvalue weighted by molar-refractivity contribution is -0.136. The number of anilines is 1. The molecule has 1 aromatic rings. The number of amides is 4. The smallest absolute Gasteiger partial charge is 0.262 e. The first-order chi connectivity index (χ1) is 15.5. The van der Waals surface area contributed by atoms with Crippen LogP contribution < -0.4 is 16.0 Å². The molecule has 9 heteroatoms. The van der Waals surface area contributed by atoms with Gasteiger partial charge in [-0.25, -0.2) is 0 Å². The summed E-state index contributed by atoms with van der Waals surface area (Å²) < 4.78 is 0. The van der Waals surface area contributed by atoms with Crippen LogP contribution in [0.1, 0.15) is 59.2 Å². The van der Waals surface area contributed by atoms with Gasteiger partial charge >= 0.3 is 0 Å². The van der Waals surface area contributed by atoms with Gasteiger partial charge in [0, 0.05) is 44.8 Å². The summed E-state index contributed by atoms with van der Waals surface area (Å²) in [6.45, 7) is 6.42. The predicted molar refractivity (Wildman–Crippen MR) is 119 cm³/mol. The molecule has 0 aromatic heterocycles. The van der Waals surface area contributed by atoms with Crippen LogP contribution in [0, 0.1) is 0 Å². The van der Waals surface area contributed by atoms with E-state index in [9.17, 15) is 19.2 Å². The van der Waals surface area contributed by atoms with Crippen molar-refractivity contribution in [3.05, 3.63) is 29.3 Å². The van der Waals surface area contributed by atoms with E-state index in [0.29, 0.717) is 11.1 Å². The summed E-state index contributed by atoms with van der Waals surface area (Å²) in [4.78, 5) is 52.6. The second-order valence-corrected chi connectivity index (χ2v) is 8.64. The summed E-state index contributed by atoms with van der Waals surface area (Å²) >= 11 is 0. The van der Waals surface area contributed by atoms with Gasteiger partial charge in [0.05, 0.1) is 11.1 Å². The summed E-state index contributed by atoms with van der Waals surface area (Å²) in [5.41, 5.74) is 1.40. The number of carbonyl (C=O) groups excluding carboxylic acids is 4. The monoisotopic (exact) mass is 441 g/mol. The second kappa shape index (κ2) is 10.2. The van der Waals surface area contributed by atoms with E-state index >= 15 is 0 Å². The highest BCUT2D eigenvalue weighted by Gasteiger charge is 2.44. The van der Waals surface area contributed by atoms with Gasteiger partial charge in [-0.15, -0.1) is 0 Å². The van der Waals surface area contributed by atoms with Gasteiger partial charge in [-0.3, -0.25) is 29.4 Å². The molecule has 0 aliphatic carbocycles. The van der Waals surface area contributed by atoms with Crippen molar-refractivity contribution in [1.29, 1.82) is 0 Å². The first kappa shape index (κ1) is 22.4. The number of hydrogen-bond donors (Lipinski definition) is 3. The molecule has 0 spiro atoms. The SMILES string of the molecule is O=C1CCC(N2C(=O)c3ccc(NCCCCCCN4CCNCC4)cc3C2=O)C(=O)N1. The Kier molecular flexibility index (Phi) is 7.16. The standard InChI is InChI=1S/C23H31N5O4/c29-20-8-7-19(21(30)26-20)28-22(31)17-6-5-16(15-18(17)23(28)32)25-9-3-1-2-4-12-27-13-10-24-11-14-27/h5-6,15,19,24-25H,1-4,7-14H2,(H,26,29,30). The Bertz CT molecular complexity index is 896. The number of rotatable bonds is 9. The van der Waals surface area contributed by atoms with Crippen LogP contribution in [-0.4, -0.2) is 78.7 Å². The van der Waals surface area contributed by atoms with Gasteiger partial charge in [-0.2, -0.15) is 0 Å². The maximum Gasteiger partial charge on any atom is 0.262 e. The van der Waals surface area contributed by atoms with Crippen molar-refractivity contribution in [3.8, 4) is 0 Å². The molecule has 172 valence electrons. The van der Waals surface area contributed by atoms with Crippen LogP contribution >= 0.6 is 0 Å². The Morgan fingerprint density at radius 2 is 1.69 bits per heavy atom. The molecule has 3 heterocycles. The number of piperidine rings is 1. The zero-order chi connectivity index (χ0) is 22.5. The minimum atomic E-state index is -0.933. The van der Waals surface area contributed by atoms with Crippen LogP contribution in [0.4, 0.5) is 5.69 Å². The van der Waals surface area contributed by atoms with Gasteiger partial charge in [0.25, 0.3) is 11.8 Å². The molecule has 9 nitrogen and oxygen atoms in total. The molecule has 1 atom stereocenters. The third-order valence-corrected chi connectivity index (χ3v) is 6.38. The molecule has 3 aliphatic heterocycles. The summed E-state index contributed by atoms with van der Waals surface area (Å²) in [5, 5.41) is 8.91. The van der Waals surface area contributed by atoms with Crippen LogP contribution in [0.25, 0.3) is 0 Å². The van der Waals surface area contributed by atoms with Crippen LogP contribution in [0.5, 0.6) is 0 Å². The molecular formula is C23H31N5O4. The molecule has 0 saturated carbocycles. The number of carbonyl (C=O) groups is 4. The number of nitrogens with zero attached hydrogens (tertiary/aromatic N) is 2. The minimum Gasteiger partial charge on any atom is -0.385 e. The van der Waals surface area contributed by atoms with Gasteiger partial charge in [0.1, 0.15) is 6.04 Å². The highest BCUT2D eigenvalue weighted by atomic mass is 16.2. The summed E-state index contributed by atoms with van der Waals surface area (Å²) in [7, 11) is 0. The highest BCUT2D eigenvalue weighted by Crippen LogP contribution is 2.29. The lowest BCUT2D eigenvalue weighted by Gasteiger charge is -2.27. The Morgan fingerprint density at radius 1 is 0.938 bits per heavy atom. The number of fused-ring (bicyclic) bond motifs is 1. The predicted octanol–water partition coefficient (Wildman–Crippen LogP) is 0.965. The third kappa shape index (κ3) is 4.99. The quantitative estimate of drug-likeness (QED) is 0.387. The van der Waals surface area contributed by atoms with Crippen molar-refractivity contribution >= 4 is 29.3 Å². The first-order valence-corrected chi connectivity index (χ1v) is 11.6. The summed E-state index contributed by atoms with van der Waals surface area (Å²) in [5.74, 6) is -1.92.